The van der Waals surface area contributed by atoms with E-state index in [2.05, 4.69) is 4.74 Å². The Morgan fingerprint density at radius 2 is 2.00 bits per heavy atom. The van der Waals surface area contributed by atoms with Crippen molar-refractivity contribution in [1.82, 2.24) is 4.90 Å². The second kappa shape index (κ2) is 6.94. The summed E-state index contributed by atoms with van der Waals surface area (Å²) in [5.74, 6) is -2.79. The van der Waals surface area contributed by atoms with E-state index in [9.17, 15) is 32.9 Å². The van der Waals surface area contributed by atoms with Crippen molar-refractivity contribution in [2.45, 2.75) is 6.18 Å². The Balaban J connectivity index is 3.13. The van der Waals surface area contributed by atoms with Crippen molar-refractivity contribution in [3.63, 3.8) is 0 Å². The van der Waals surface area contributed by atoms with Crippen LogP contribution in [0.15, 0.2) is 18.2 Å². The quantitative estimate of drug-likeness (QED) is 0.625. The molecule has 0 aliphatic carbocycles. The average molecular weight is 336 g/mol. The number of carbonyl (C=O) groups excluding carboxylic acids is 1. The predicted octanol–water partition coefficient (Wildman–Crippen LogP) is 1.69. The van der Waals surface area contributed by atoms with E-state index >= 15 is 0 Å². The van der Waals surface area contributed by atoms with Gasteiger partial charge in [0.1, 0.15) is 17.9 Å². The van der Waals surface area contributed by atoms with E-state index in [0.29, 0.717) is 4.90 Å². The van der Waals surface area contributed by atoms with Crippen LogP contribution in [0.5, 0.6) is 5.75 Å². The van der Waals surface area contributed by atoms with Crippen LogP contribution in [-0.4, -0.2) is 53.2 Å². The molecule has 1 rings (SSSR count). The first-order valence-corrected chi connectivity index (χ1v) is 5.96. The van der Waals surface area contributed by atoms with E-state index in [1.807, 2.05) is 0 Å². The zero-order chi connectivity index (χ0) is 17.8. The third kappa shape index (κ3) is 5.45. The number of alkyl halides is 3. The number of aliphatic carboxylic acids is 1. The number of nitro groups is 1. The minimum Gasteiger partial charge on any atom is -0.484 e. The van der Waals surface area contributed by atoms with Crippen LogP contribution in [0.25, 0.3) is 0 Å². The van der Waals surface area contributed by atoms with E-state index in [4.69, 9.17) is 5.11 Å². The molecule has 0 bridgehead atoms. The third-order valence-electron chi connectivity index (χ3n) is 2.52. The van der Waals surface area contributed by atoms with Gasteiger partial charge in [0.15, 0.2) is 6.61 Å². The summed E-state index contributed by atoms with van der Waals surface area (Å²) < 4.78 is 40.7. The number of amides is 1. The van der Waals surface area contributed by atoms with Crippen molar-refractivity contribution < 1.29 is 37.5 Å². The van der Waals surface area contributed by atoms with Gasteiger partial charge in [-0.3, -0.25) is 19.7 Å². The average Bonchev–Trinajstić information content (AvgIpc) is 2.42. The van der Waals surface area contributed by atoms with Crippen LogP contribution in [-0.2, 0) is 4.79 Å². The number of hydrogen-bond donors (Lipinski definition) is 1. The van der Waals surface area contributed by atoms with Crippen LogP contribution in [0.4, 0.5) is 18.9 Å². The molecular weight excluding hydrogens is 325 g/mol. The molecule has 1 amide bonds. The highest BCUT2D eigenvalue weighted by Crippen LogP contribution is 2.26. The number of halogens is 3. The first-order valence-electron chi connectivity index (χ1n) is 5.96. The lowest BCUT2D eigenvalue weighted by molar-refractivity contribution is -0.385. The summed E-state index contributed by atoms with van der Waals surface area (Å²) in [6.45, 7) is -2.37. The number of nitrogens with zero attached hydrogens (tertiary/aromatic N) is 2. The smallest absolute Gasteiger partial charge is 0.422 e. The number of carboxylic acids is 1. The molecule has 0 saturated carbocycles. The number of carboxylic acid groups (broad SMARTS) is 1. The zero-order valence-electron chi connectivity index (χ0n) is 11.7. The molecule has 0 saturated heterocycles. The molecule has 1 aromatic carbocycles. The number of rotatable bonds is 6. The number of nitro benzene ring substituents is 1. The molecule has 23 heavy (non-hydrogen) atoms. The first kappa shape index (κ1) is 18.2. The molecule has 11 heteroatoms. The largest absolute Gasteiger partial charge is 0.484 e. The highest BCUT2D eigenvalue weighted by atomic mass is 19.4. The molecule has 0 unspecified atom stereocenters. The summed E-state index contributed by atoms with van der Waals surface area (Å²) in [6, 6.07) is 2.50. The van der Waals surface area contributed by atoms with Gasteiger partial charge >= 0.3 is 12.1 Å². The number of likely N-dealkylation sites (N-methyl/N-ethyl adjacent to an activating group) is 1. The monoisotopic (exact) mass is 336 g/mol. The molecule has 126 valence electrons. The Labute approximate surface area is 127 Å². The highest BCUT2D eigenvalue weighted by molar-refractivity contribution is 5.99. The molecule has 8 nitrogen and oxygen atoms in total. The van der Waals surface area contributed by atoms with Gasteiger partial charge in [0.05, 0.1) is 4.92 Å². The van der Waals surface area contributed by atoms with Gasteiger partial charge in [-0.15, -0.1) is 0 Å². The van der Waals surface area contributed by atoms with Crippen LogP contribution in [0.1, 0.15) is 10.4 Å². The van der Waals surface area contributed by atoms with Crippen LogP contribution in [0.2, 0.25) is 0 Å². The molecular formula is C12H11F3N2O6. The maximum atomic E-state index is 12.1. The second-order valence-corrected chi connectivity index (χ2v) is 4.39. The standard InChI is InChI=1S/C12H11F3N2O6/c1-16(5-10(18)19)11(20)8-4-7(23-6-12(13,14)15)2-3-9(8)17(21)22/h2-4H,5-6H2,1H3,(H,18,19). The lowest BCUT2D eigenvalue weighted by Gasteiger charge is -2.15. The number of ether oxygens (including phenoxy) is 1. The molecule has 0 aromatic heterocycles. The Bertz CT molecular complexity index is 632. The lowest BCUT2D eigenvalue weighted by Crippen LogP contribution is -2.32. The summed E-state index contributed by atoms with van der Waals surface area (Å²) >= 11 is 0. The SMILES string of the molecule is CN(CC(=O)O)C(=O)c1cc(OCC(F)(F)F)ccc1[N+](=O)[O-]. The van der Waals surface area contributed by atoms with Gasteiger partial charge < -0.3 is 14.7 Å². The summed E-state index contributed by atoms with van der Waals surface area (Å²) in [5, 5.41) is 19.5. The summed E-state index contributed by atoms with van der Waals surface area (Å²) in [7, 11) is 1.09. The van der Waals surface area contributed by atoms with E-state index in [1.165, 1.54) is 0 Å². The van der Waals surface area contributed by atoms with Gasteiger partial charge in [-0.25, -0.2) is 0 Å². The maximum Gasteiger partial charge on any atom is 0.422 e. The molecule has 1 N–H and O–H groups in total. The van der Waals surface area contributed by atoms with Gasteiger partial charge in [0.2, 0.25) is 0 Å². The van der Waals surface area contributed by atoms with Crippen molar-refractivity contribution in [1.29, 1.82) is 0 Å². The fraction of sp³-hybridized carbons (Fsp3) is 0.333. The highest BCUT2D eigenvalue weighted by Gasteiger charge is 2.29. The minimum absolute atomic E-state index is 0.403. The van der Waals surface area contributed by atoms with Crippen LogP contribution in [0.3, 0.4) is 0 Å². The fourth-order valence-corrected chi connectivity index (χ4v) is 1.58. The van der Waals surface area contributed by atoms with Gasteiger partial charge in [0.25, 0.3) is 11.6 Å². The van der Waals surface area contributed by atoms with Crippen molar-refractivity contribution in [3.8, 4) is 5.75 Å². The molecule has 1 aromatic rings. The van der Waals surface area contributed by atoms with E-state index in [1.54, 1.807) is 0 Å². The van der Waals surface area contributed by atoms with Gasteiger partial charge in [0, 0.05) is 13.1 Å². The van der Waals surface area contributed by atoms with Gasteiger partial charge in [-0.05, 0) is 12.1 Å². The number of hydrogen-bond acceptors (Lipinski definition) is 5. The Morgan fingerprint density at radius 1 is 1.39 bits per heavy atom. The first-order chi connectivity index (χ1) is 10.5. The normalized spacial score (nSPS) is 11.0. The number of benzene rings is 1. The third-order valence-corrected chi connectivity index (χ3v) is 2.52. The zero-order valence-corrected chi connectivity index (χ0v) is 11.7. The molecule has 0 aliphatic heterocycles. The minimum atomic E-state index is -4.62. The van der Waals surface area contributed by atoms with E-state index < -0.39 is 53.1 Å². The Morgan fingerprint density at radius 3 is 2.48 bits per heavy atom. The van der Waals surface area contributed by atoms with E-state index in [-0.39, 0.29) is 0 Å². The molecule has 0 aliphatic rings. The van der Waals surface area contributed by atoms with Gasteiger partial charge in [-0.1, -0.05) is 0 Å². The van der Waals surface area contributed by atoms with Gasteiger partial charge in [-0.2, -0.15) is 13.2 Å². The Hall–Kier alpha value is -2.85. The Kier molecular flexibility index (Phi) is 5.49. The topological polar surface area (TPSA) is 110 Å². The lowest BCUT2D eigenvalue weighted by atomic mass is 10.1. The molecule has 0 atom stereocenters. The molecule has 0 radical (unpaired) electrons. The molecule has 0 fully saturated rings. The van der Waals surface area contributed by atoms with Crippen molar-refractivity contribution in [2.75, 3.05) is 20.2 Å². The van der Waals surface area contributed by atoms with Crippen LogP contribution >= 0.6 is 0 Å². The summed E-state index contributed by atoms with van der Waals surface area (Å²) in [4.78, 5) is 33.3. The van der Waals surface area contributed by atoms with Crippen LogP contribution in [0, 0.1) is 10.1 Å². The second-order valence-electron chi connectivity index (χ2n) is 4.39. The predicted molar refractivity (Wildman–Crippen MR) is 69.2 cm³/mol. The summed E-state index contributed by atoms with van der Waals surface area (Å²) in [6.07, 6.45) is -4.62. The van der Waals surface area contributed by atoms with Crippen molar-refractivity contribution >= 4 is 17.6 Å². The van der Waals surface area contributed by atoms with Crippen molar-refractivity contribution in [2.24, 2.45) is 0 Å². The maximum absolute atomic E-state index is 12.1. The van der Waals surface area contributed by atoms with Crippen molar-refractivity contribution in [3.05, 3.63) is 33.9 Å². The molecule has 0 spiro atoms. The fourth-order valence-electron chi connectivity index (χ4n) is 1.58. The number of carbonyl (C=O) groups is 2. The van der Waals surface area contributed by atoms with E-state index in [0.717, 1.165) is 25.2 Å². The molecule has 0 heterocycles. The van der Waals surface area contributed by atoms with Crippen LogP contribution < -0.4 is 4.74 Å². The summed E-state index contributed by atoms with van der Waals surface area (Å²) in [5.41, 5.74) is -1.25.